The van der Waals surface area contributed by atoms with Crippen LogP contribution in [0.15, 0.2) is 42.0 Å². The molecule has 1 aromatic heterocycles. The molecule has 3 heteroatoms. The van der Waals surface area contributed by atoms with Crippen LogP contribution in [-0.4, -0.2) is 18.6 Å². The monoisotopic (exact) mass is 369 g/mol. The van der Waals surface area contributed by atoms with Gasteiger partial charge in [-0.05, 0) is 69.0 Å². The van der Waals surface area contributed by atoms with Crippen LogP contribution >= 0.6 is 21.6 Å². The second-order valence-corrected chi connectivity index (χ2v) is 12.5. The Morgan fingerprint density at radius 1 is 1.00 bits per heavy atom. The van der Waals surface area contributed by atoms with Crippen molar-refractivity contribution >= 4 is 47.3 Å². The first-order valence-corrected chi connectivity index (χ1v) is 12.3. The summed E-state index contributed by atoms with van der Waals surface area (Å²) in [6.45, 7) is 9.18. The van der Waals surface area contributed by atoms with Crippen LogP contribution in [0, 0.1) is 0 Å². The van der Waals surface area contributed by atoms with Crippen LogP contribution in [0.3, 0.4) is 0 Å². The molecule has 0 saturated carbocycles. The van der Waals surface area contributed by atoms with E-state index in [9.17, 15) is 0 Å². The lowest BCUT2D eigenvalue weighted by Gasteiger charge is -2.42. The van der Waals surface area contributed by atoms with Crippen molar-refractivity contribution in [2.24, 2.45) is 0 Å². The second-order valence-electron chi connectivity index (χ2n) is 7.87. The molecule has 0 aliphatic heterocycles. The van der Waals surface area contributed by atoms with E-state index >= 15 is 0 Å². The highest BCUT2D eigenvalue weighted by Crippen LogP contribution is 2.62. The number of hydrogen-bond acceptors (Lipinski definition) is 2. The SMILES string of the molecule is CC1=C(C)C(S(C)(C)NC(C)C)c2ccc3sc4ccccc4c3c21. The molecule has 3 aromatic rings. The third kappa shape index (κ3) is 2.56. The normalized spacial score (nSPS) is 18.6. The van der Waals surface area contributed by atoms with E-state index in [1.54, 1.807) is 5.57 Å². The van der Waals surface area contributed by atoms with Crippen molar-refractivity contribution in [3.8, 4) is 0 Å². The Bertz CT molecular complexity index is 1010. The summed E-state index contributed by atoms with van der Waals surface area (Å²) in [7, 11) is -0.964. The predicted molar refractivity (Wildman–Crippen MR) is 118 cm³/mol. The van der Waals surface area contributed by atoms with Gasteiger partial charge in [0.2, 0.25) is 0 Å². The van der Waals surface area contributed by atoms with Crippen molar-refractivity contribution < 1.29 is 0 Å². The Kier molecular flexibility index (Phi) is 4.02. The molecule has 1 heterocycles. The third-order valence-corrected chi connectivity index (χ3v) is 9.35. The first-order valence-electron chi connectivity index (χ1n) is 8.92. The second kappa shape index (κ2) is 5.87. The topological polar surface area (TPSA) is 12.0 Å². The summed E-state index contributed by atoms with van der Waals surface area (Å²) in [5.74, 6) is 0. The number of thiophene rings is 1. The van der Waals surface area contributed by atoms with Crippen LogP contribution in [0.25, 0.3) is 25.7 Å². The highest BCUT2D eigenvalue weighted by atomic mass is 32.3. The summed E-state index contributed by atoms with van der Waals surface area (Å²) in [6, 6.07) is 14.1. The summed E-state index contributed by atoms with van der Waals surface area (Å²) >= 11 is 1.92. The van der Waals surface area contributed by atoms with Crippen molar-refractivity contribution in [2.75, 3.05) is 12.5 Å². The van der Waals surface area contributed by atoms with E-state index < -0.39 is 10.2 Å². The highest BCUT2D eigenvalue weighted by molar-refractivity contribution is 8.31. The lowest BCUT2D eigenvalue weighted by atomic mass is 9.99. The number of benzene rings is 2. The van der Waals surface area contributed by atoms with Crippen LogP contribution in [0.4, 0.5) is 0 Å². The molecule has 1 N–H and O–H groups in total. The van der Waals surface area contributed by atoms with Crippen LogP contribution < -0.4 is 4.72 Å². The molecule has 1 unspecified atom stereocenters. The number of hydrogen-bond donors (Lipinski definition) is 1. The molecule has 0 saturated heterocycles. The van der Waals surface area contributed by atoms with Crippen LogP contribution in [0.1, 0.15) is 44.1 Å². The first-order chi connectivity index (χ1) is 11.8. The van der Waals surface area contributed by atoms with Gasteiger partial charge in [0.1, 0.15) is 0 Å². The smallest absolute Gasteiger partial charge is 0.0468 e. The molecule has 132 valence electrons. The molecule has 0 radical (unpaired) electrons. The fourth-order valence-corrected chi connectivity index (χ4v) is 8.87. The highest BCUT2D eigenvalue weighted by Gasteiger charge is 2.36. The van der Waals surface area contributed by atoms with Crippen molar-refractivity contribution in [1.29, 1.82) is 0 Å². The maximum atomic E-state index is 3.88. The van der Waals surface area contributed by atoms with Crippen molar-refractivity contribution in [1.82, 2.24) is 4.72 Å². The molecular weight excluding hydrogens is 342 g/mol. The van der Waals surface area contributed by atoms with Crippen LogP contribution in [0.2, 0.25) is 0 Å². The zero-order chi connectivity index (χ0) is 17.9. The standard InChI is InChI=1S/C22H27NS2/c1-13(2)23-25(5,6)22-15(4)14(3)20-17(22)11-12-19-21(20)16-9-7-8-10-18(16)24-19/h7-13,22-23H,1-6H3. The molecule has 1 aliphatic carbocycles. The summed E-state index contributed by atoms with van der Waals surface area (Å²) < 4.78 is 6.69. The fraction of sp³-hybridized carbons (Fsp3) is 0.364. The molecule has 1 aliphatic rings. The minimum Gasteiger partial charge on any atom is -0.278 e. The molecule has 0 bridgehead atoms. The molecule has 2 aromatic carbocycles. The van der Waals surface area contributed by atoms with Gasteiger partial charge in [-0.1, -0.05) is 29.8 Å². The maximum absolute atomic E-state index is 3.88. The molecule has 0 fully saturated rings. The van der Waals surface area contributed by atoms with Crippen molar-refractivity contribution in [3.05, 3.63) is 53.1 Å². The lowest BCUT2D eigenvalue weighted by Crippen LogP contribution is -2.29. The predicted octanol–water partition coefficient (Wildman–Crippen LogP) is 6.88. The van der Waals surface area contributed by atoms with E-state index in [4.69, 9.17) is 0 Å². The van der Waals surface area contributed by atoms with E-state index in [0.29, 0.717) is 11.3 Å². The molecule has 4 rings (SSSR count). The van der Waals surface area contributed by atoms with Crippen LogP contribution in [-0.2, 0) is 0 Å². The zero-order valence-corrected chi connectivity index (χ0v) is 17.6. The van der Waals surface area contributed by atoms with Gasteiger partial charge in [-0.3, -0.25) is 4.72 Å². The minimum atomic E-state index is -0.964. The van der Waals surface area contributed by atoms with Gasteiger partial charge in [0.15, 0.2) is 0 Å². The van der Waals surface area contributed by atoms with Gasteiger partial charge in [-0.2, -0.15) is 10.2 Å². The van der Waals surface area contributed by atoms with Gasteiger partial charge < -0.3 is 0 Å². The van der Waals surface area contributed by atoms with Crippen molar-refractivity contribution in [3.63, 3.8) is 0 Å². The van der Waals surface area contributed by atoms with Gasteiger partial charge >= 0.3 is 0 Å². The third-order valence-electron chi connectivity index (χ3n) is 5.35. The minimum absolute atomic E-state index is 0.507. The number of nitrogens with one attached hydrogen (secondary N) is 1. The fourth-order valence-electron chi connectivity index (χ4n) is 4.52. The molecule has 1 nitrogen and oxygen atoms in total. The first kappa shape index (κ1) is 17.1. The molecule has 1 atom stereocenters. The van der Waals surface area contributed by atoms with Gasteiger partial charge in [0, 0.05) is 31.5 Å². The van der Waals surface area contributed by atoms with E-state index in [-0.39, 0.29) is 0 Å². The Morgan fingerprint density at radius 3 is 2.44 bits per heavy atom. The van der Waals surface area contributed by atoms with E-state index in [1.165, 1.54) is 36.9 Å². The van der Waals surface area contributed by atoms with E-state index in [1.807, 2.05) is 11.3 Å². The largest absolute Gasteiger partial charge is 0.278 e. The molecule has 0 amide bonds. The Morgan fingerprint density at radius 2 is 1.72 bits per heavy atom. The molecule has 0 spiro atoms. The summed E-state index contributed by atoms with van der Waals surface area (Å²) in [4.78, 5) is 0. The van der Waals surface area contributed by atoms with Gasteiger partial charge in [0.25, 0.3) is 0 Å². The van der Waals surface area contributed by atoms with Gasteiger partial charge in [-0.15, -0.1) is 11.3 Å². The number of rotatable bonds is 3. The number of fused-ring (bicyclic) bond motifs is 5. The summed E-state index contributed by atoms with van der Waals surface area (Å²) in [5, 5.41) is 3.39. The van der Waals surface area contributed by atoms with E-state index in [0.717, 1.165) is 0 Å². The average molecular weight is 370 g/mol. The van der Waals surface area contributed by atoms with Gasteiger partial charge in [-0.25, -0.2) is 0 Å². The lowest BCUT2D eigenvalue weighted by molar-refractivity contribution is 0.757. The average Bonchev–Trinajstić information content (AvgIpc) is 3.02. The van der Waals surface area contributed by atoms with E-state index in [2.05, 4.69) is 81.3 Å². The quantitative estimate of drug-likeness (QED) is 0.530. The Balaban J connectivity index is 2.01. The Hall–Kier alpha value is -1.29. The van der Waals surface area contributed by atoms with Crippen LogP contribution in [0.5, 0.6) is 0 Å². The van der Waals surface area contributed by atoms with Gasteiger partial charge in [0.05, 0.1) is 0 Å². The maximum Gasteiger partial charge on any atom is 0.0468 e. The number of allylic oxidation sites excluding steroid dienone is 1. The summed E-state index contributed by atoms with van der Waals surface area (Å²) in [6.07, 6.45) is 4.86. The Labute approximate surface area is 156 Å². The zero-order valence-electron chi connectivity index (χ0n) is 15.9. The van der Waals surface area contributed by atoms with Crippen molar-refractivity contribution in [2.45, 2.75) is 39.0 Å². The molecular formula is C22H27NS2. The molecule has 25 heavy (non-hydrogen) atoms. The summed E-state index contributed by atoms with van der Waals surface area (Å²) in [5.41, 5.74) is 6.06.